The van der Waals surface area contributed by atoms with Crippen LogP contribution in [-0.2, 0) is 0 Å². The van der Waals surface area contributed by atoms with Gasteiger partial charge in [0.25, 0.3) is 11.6 Å². The molecule has 1 aliphatic rings. The Morgan fingerprint density at radius 1 is 1.62 bits per heavy atom. The summed E-state index contributed by atoms with van der Waals surface area (Å²) in [7, 11) is 0. The van der Waals surface area contributed by atoms with Gasteiger partial charge in [0.15, 0.2) is 0 Å². The SMILES string of the molecule is CC(C)n1cc([N+](=O)[O-])cc1C(=O)NCCC1CCCN1. The van der Waals surface area contributed by atoms with Gasteiger partial charge in [0.05, 0.1) is 11.1 Å². The summed E-state index contributed by atoms with van der Waals surface area (Å²) in [6, 6.07) is 1.80. The van der Waals surface area contributed by atoms with E-state index in [9.17, 15) is 14.9 Å². The minimum Gasteiger partial charge on any atom is -0.351 e. The van der Waals surface area contributed by atoms with Gasteiger partial charge < -0.3 is 15.2 Å². The molecule has 0 aliphatic carbocycles. The maximum absolute atomic E-state index is 12.2. The highest BCUT2D eigenvalue weighted by Crippen LogP contribution is 2.20. The molecule has 1 fully saturated rings. The molecule has 116 valence electrons. The van der Waals surface area contributed by atoms with Crippen LogP contribution < -0.4 is 10.6 Å². The Balaban J connectivity index is 1.98. The predicted molar refractivity (Wildman–Crippen MR) is 79.4 cm³/mol. The summed E-state index contributed by atoms with van der Waals surface area (Å²) in [6.45, 7) is 5.40. The summed E-state index contributed by atoms with van der Waals surface area (Å²) in [4.78, 5) is 22.6. The first-order chi connectivity index (χ1) is 9.99. The molecule has 1 saturated heterocycles. The quantitative estimate of drug-likeness (QED) is 0.619. The van der Waals surface area contributed by atoms with E-state index in [0.717, 1.165) is 19.4 Å². The monoisotopic (exact) mass is 294 g/mol. The first-order valence-electron chi connectivity index (χ1n) is 7.37. The van der Waals surface area contributed by atoms with E-state index < -0.39 is 4.92 Å². The summed E-state index contributed by atoms with van der Waals surface area (Å²) < 4.78 is 1.64. The molecular weight excluding hydrogens is 272 g/mol. The van der Waals surface area contributed by atoms with Crippen molar-refractivity contribution in [2.75, 3.05) is 13.1 Å². The van der Waals surface area contributed by atoms with E-state index in [1.807, 2.05) is 13.8 Å². The first-order valence-corrected chi connectivity index (χ1v) is 7.37. The smallest absolute Gasteiger partial charge is 0.287 e. The number of carbonyl (C=O) groups is 1. The summed E-state index contributed by atoms with van der Waals surface area (Å²) in [5.74, 6) is -0.255. The highest BCUT2D eigenvalue weighted by atomic mass is 16.6. The molecule has 1 aliphatic heterocycles. The maximum Gasteiger partial charge on any atom is 0.287 e. The second kappa shape index (κ2) is 6.71. The number of rotatable bonds is 6. The third-order valence-electron chi connectivity index (χ3n) is 3.77. The molecule has 1 aromatic heterocycles. The molecular formula is C14H22N4O3. The second-order valence-electron chi connectivity index (χ2n) is 5.68. The number of carbonyl (C=O) groups excluding carboxylic acids is 1. The average Bonchev–Trinajstić information content (AvgIpc) is 3.07. The number of nitro groups is 1. The van der Waals surface area contributed by atoms with E-state index in [2.05, 4.69) is 10.6 Å². The number of hydrogen-bond donors (Lipinski definition) is 2. The van der Waals surface area contributed by atoms with Crippen LogP contribution in [0.1, 0.15) is 49.6 Å². The van der Waals surface area contributed by atoms with Crippen molar-refractivity contribution in [1.29, 1.82) is 0 Å². The molecule has 1 atom stereocenters. The number of nitrogens with zero attached hydrogens (tertiary/aromatic N) is 2. The van der Waals surface area contributed by atoms with Crippen LogP contribution in [0.4, 0.5) is 5.69 Å². The predicted octanol–water partition coefficient (Wildman–Crippen LogP) is 1.85. The number of nitrogens with one attached hydrogen (secondary N) is 2. The van der Waals surface area contributed by atoms with Crippen LogP contribution in [0.15, 0.2) is 12.3 Å². The van der Waals surface area contributed by atoms with Gasteiger partial charge in [-0.05, 0) is 39.7 Å². The maximum atomic E-state index is 12.2. The highest BCUT2D eigenvalue weighted by Gasteiger charge is 2.21. The van der Waals surface area contributed by atoms with Gasteiger partial charge in [0.1, 0.15) is 5.69 Å². The lowest BCUT2D eigenvalue weighted by atomic mass is 10.1. The molecule has 7 nitrogen and oxygen atoms in total. The summed E-state index contributed by atoms with van der Waals surface area (Å²) >= 11 is 0. The lowest BCUT2D eigenvalue weighted by molar-refractivity contribution is -0.384. The van der Waals surface area contributed by atoms with Gasteiger partial charge in [-0.15, -0.1) is 0 Å². The Morgan fingerprint density at radius 2 is 2.38 bits per heavy atom. The standard InChI is InChI=1S/C14H22N4O3/c1-10(2)17-9-12(18(20)21)8-13(17)14(19)16-7-5-11-4-3-6-15-11/h8-11,15H,3-7H2,1-2H3,(H,16,19). The molecule has 1 unspecified atom stereocenters. The van der Waals surface area contributed by atoms with Crippen LogP contribution in [-0.4, -0.2) is 34.5 Å². The highest BCUT2D eigenvalue weighted by molar-refractivity contribution is 5.93. The number of aromatic nitrogens is 1. The minimum atomic E-state index is -0.474. The van der Waals surface area contributed by atoms with Crippen molar-refractivity contribution in [2.45, 2.75) is 45.2 Å². The zero-order valence-corrected chi connectivity index (χ0v) is 12.5. The van der Waals surface area contributed by atoms with E-state index in [4.69, 9.17) is 0 Å². The largest absolute Gasteiger partial charge is 0.351 e. The van der Waals surface area contributed by atoms with E-state index in [1.165, 1.54) is 18.7 Å². The fourth-order valence-electron chi connectivity index (χ4n) is 2.63. The van der Waals surface area contributed by atoms with Crippen LogP contribution in [0.5, 0.6) is 0 Å². The van der Waals surface area contributed by atoms with E-state index >= 15 is 0 Å². The number of amides is 1. The zero-order valence-electron chi connectivity index (χ0n) is 12.5. The molecule has 1 aromatic rings. The molecule has 0 bridgehead atoms. The van der Waals surface area contributed by atoms with Crippen LogP contribution in [0, 0.1) is 10.1 Å². The molecule has 1 amide bonds. The molecule has 2 rings (SSSR count). The Morgan fingerprint density at radius 3 is 2.95 bits per heavy atom. The lowest BCUT2D eigenvalue weighted by Crippen LogP contribution is -2.31. The van der Waals surface area contributed by atoms with Crippen molar-refractivity contribution < 1.29 is 9.72 Å². The van der Waals surface area contributed by atoms with Gasteiger partial charge in [-0.1, -0.05) is 0 Å². The van der Waals surface area contributed by atoms with Crippen molar-refractivity contribution in [1.82, 2.24) is 15.2 Å². The summed E-state index contributed by atoms with van der Waals surface area (Å²) in [5.41, 5.74) is 0.294. The molecule has 0 radical (unpaired) electrons. The lowest BCUT2D eigenvalue weighted by Gasteiger charge is -2.13. The van der Waals surface area contributed by atoms with E-state index in [1.54, 1.807) is 4.57 Å². The summed E-state index contributed by atoms with van der Waals surface area (Å²) in [6.07, 6.45) is 4.62. The Labute approximate surface area is 123 Å². The van der Waals surface area contributed by atoms with Crippen molar-refractivity contribution >= 4 is 11.6 Å². The molecule has 21 heavy (non-hydrogen) atoms. The third-order valence-corrected chi connectivity index (χ3v) is 3.77. The molecule has 0 spiro atoms. The second-order valence-corrected chi connectivity index (χ2v) is 5.68. The van der Waals surface area contributed by atoms with Gasteiger partial charge in [0, 0.05) is 24.7 Å². The van der Waals surface area contributed by atoms with Gasteiger partial charge in [-0.2, -0.15) is 0 Å². The van der Waals surface area contributed by atoms with Gasteiger partial charge in [0.2, 0.25) is 0 Å². The normalized spacial score (nSPS) is 18.1. The average molecular weight is 294 g/mol. The zero-order chi connectivity index (χ0) is 15.4. The minimum absolute atomic E-state index is 0.00375. The summed E-state index contributed by atoms with van der Waals surface area (Å²) in [5, 5.41) is 17.1. The Kier molecular flexibility index (Phi) is 4.95. The van der Waals surface area contributed by atoms with Crippen LogP contribution in [0.2, 0.25) is 0 Å². The first kappa shape index (κ1) is 15.5. The van der Waals surface area contributed by atoms with Crippen molar-refractivity contribution in [2.24, 2.45) is 0 Å². The Bertz CT molecular complexity index is 518. The van der Waals surface area contributed by atoms with Crippen molar-refractivity contribution in [3.05, 3.63) is 28.1 Å². The molecule has 2 N–H and O–H groups in total. The van der Waals surface area contributed by atoms with Crippen LogP contribution in [0.25, 0.3) is 0 Å². The fourth-order valence-corrected chi connectivity index (χ4v) is 2.63. The van der Waals surface area contributed by atoms with Gasteiger partial charge in [-0.25, -0.2) is 0 Å². The molecule has 2 heterocycles. The van der Waals surface area contributed by atoms with Crippen LogP contribution in [0.3, 0.4) is 0 Å². The van der Waals surface area contributed by atoms with Gasteiger partial charge in [-0.3, -0.25) is 14.9 Å². The van der Waals surface area contributed by atoms with Crippen molar-refractivity contribution in [3.8, 4) is 0 Å². The third kappa shape index (κ3) is 3.81. The van der Waals surface area contributed by atoms with E-state index in [0.29, 0.717) is 18.3 Å². The Hall–Kier alpha value is -1.89. The number of hydrogen-bond acceptors (Lipinski definition) is 4. The molecule has 7 heteroatoms. The van der Waals surface area contributed by atoms with Crippen LogP contribution >= 0.6 is 0 Å². The van der Waals surface area contributed by atoms with E-state index in [-0.39, 0.29) is 17.6 Å². The topological polar surface area (TPSA) is 89.2 Å². The molecule has 0 aromatic carbocycles. The molecule has 0 saturated carbocycles. The van der Waals surface area contributed by atoms with Gasteiger partial charge >= 0.3 is 0 Å². The fraction of sp³-hybridized carbons (Fsp3) is 0.643. The van der Waals surface area contributed by atoms with Crippen molar-refractivity contribution in [3.63, 3.8) is 0 Å².